The van der Waals surface area contributed by atoms with Crippen LogP contribution in [0.15, 0.2) is 0 Å². The van der Waals surface area contributed by atoms with Crippen molar-refractivity contribution in [3.63, 3.8) is 0 Å². The second-order valence-corrected chi connectivity index (χ2v) is 5.61. The van der Waals surface area contributed by atoms with E-state index in [1.165, 1.54) is 19.3 Å². The van der Waals surface area contributed by atoms with E-state index in [0.29, 0.717) is 12.8 Å². The van der Waals surface area contributed by atoms with Crippen LogP contribution in [0, 0.1) is 0 Å². The first kappa shape index (κ1) is 14.5. The van der Waals surface area contributed by atoms with Gasteiger partial charge in [-0.1, -0.05) is 0 Å². The van der Waals surface area contributed by atoms with Crippen LogP contribution in [0.1, 0.15) is 39.0 Å². The smallest absolute Gasteiger partial charge is 0.222 e. The van der Waals surface area contributed by atoms with Crippen molar-refractivity contribution < 1.29 is 9.90 Å². The molecule has 0 spiro atoms. The molecule has 1 aliphatic rings. The van der Waals surface area contributed by atoms with Crippen LogP contribution < -0.4 is 0 Å². The number of rotatable bonds is 6. The van der Waals surface area contributed by atoms with Crippen LogP contribution in [0.4, 0.5) is 0 Å². The third kappa shape index (κ3) is 3.68. The molecule has 1 N–H and O–H groups in total. The van der Waals surface area contributed by atoms with Crippen molar-refractivity contribution in [1.82, 2.24) is 9.80 Å². The van der Waals surface area contributed by atoms with Crippen LogP contribution in [0.2, 0.25) is 0 Å². The Morgan fingerprint density at radius 3 is 2.29 bits per heavy atom. The minimum absolute atomic E-state index is 0.138. The third-order valence-electron chi connectivity index (χ3n) is 3.97. The van der Waals surface area contributed by atoms with Crippen LogP contribution >= 0.6 is 0 Å². The first-order valence-electron chi connectivity index (χ1n) is 6.47. The van der Waals surface area contributed by atoms with Gasteiger partial charge in [-0.25, -0.2) is 0 Å². The first-order chi connectivity index (χ1) is 7.87. The summed E-state index contributed by atoms with van der Waals surface area (Å²) in [5.41, 5.74) is 0.190. The SMILES string of the molecule is CC(O)CCC(=O)N(C)CC1(N(C)C)CCC1. The molecule has 1 fully saturated rings. The van der Waals surface area contributed by atoms with Crippen LogP contribution in [-0.4, -0.2) is 60.1 Å². The Bertz CT molecular complexity index is 260. The highest BCUT2D eigenvalue weighted by atomic mass is 16.3. The summed E-state index contributed by atoms with van der Waals surface area (Å²) in [5.74, 6) is 0.138. The molecule has 0 aromatic rings. The lowest BCUT2D eigenvalue weighted by Gasteiger charge is -2.49. The van der Waals surface area contributed by atoms with Crippen LogP contribution in [0.25, 0.3) is 0 Å². The molecule has 17 heavy (non-hydrogen) atoms. The highest BCUT2D eigenvalue weighted by Gasteiger charge is 2.40. The maximum Gasteiger partial charge on any atom is 0.222 e. The number of aliphatic hydroxyl groups is 1. The number of likely N-dealkylation sites (N-methyl/N-ethyl adjacent to an activating group) is 2. The molecular formula is C13H26N2O2. The summed E-state index contributed by atoms with van der Waals surface area (Å²) in [7, 11) is 6.05. The van der Waals surface area contributed by atoms with Crippen molar-refractivity contribution in [3.05, 3.63) is 0 Å². The van der Waals surface area contributed by atoms with Crippen molar-refractivity contribution in [2.75, 3.05) is 27.7 Å². The summed E-state index contributed by atoms with van der Waals surface area (Å²) in [6.07, 6.45) is 4.21. The molecule has 0 heterocycles. The Labute approximate surface area is 105 Å². The molecule has 4 nitrogen and oxygen atoms in total. The average Bonchev–Trinajstić information content (AvgIpc) is 2.18. The summed E-state index contributed by atoms with van der Waals surface area (Å²) >= 11 is 0. The summed E-state index contributed by atoms with van der Waals surface area (Å²) in [4.78, 5) is 16.0. The van der Waals surface area contributed by atoms with Gasteiger partial charge in [0.25, 0.3) is 0 Å². The molecule has 1 saturated carbocycles. The second kappa shape index (κ2) is 5.83. The molecule has 1 atom stereocenters. The Balaban J connectivity index is 2.42. The molecule has 1 amide bonds. The molecular weight excluding hydrogens is 216 g/mol. The van der Waals surface area contributed by atoms with E-state index >= 15 is 0 Å². The molecule has 100 valence electrons. The van der Waals surface area contributed by atoms with Gasteiger partial charge < -0.3 is 14.9 Å². The zero-order valence-electron chi connectivity index (χ0n) is 11.6. The van der Waals surface area contributed by atoms with Crippen LogP contribution in [0.3, 0.4) is 0 Å². The van der Waals surface area contributed by atoms with E-state index in [1.807, 2.05) is 11.9 Å². The zero-order valence-corrected chi connectivity index (χ0v) is 11.6. The number of carbonyl (C=O) groups is 1. The van der Waals surface area contributed by atoms with Gasteiger partial charge in [0.1, 0.15) is 0 Å². The molecule has 0 aliphatic heterocycles. The van der Waals surface area contributed by atoms with E-state index in [4.69, 9.17) is 0 Å². The number of hydrogen-bond acceptors (Lipinski definition) is 3. The van der Waals surface area contributed by atoms with Gasteiger partial charge in [0, 0.05) is 25.6 Å². The van der Waals surface area contributed by atoms with Gasteiger partial charge in [-0.15, -0.1) is 0 Å². The second-order valence-electron chi connectivity index (χ2n) is 5.61. The van der Waals surface area contributed by atoms with E-state index in [2.05, 4.69) is 19.0 Å². The van der Waals surface area contributed by atoms with E-state index < -0.39 is 0 Å². The minimum Gasteiger partial charge on any atom is -0.393 e. The Morgan fingerprint density at radius 1 is 1.35 bits per heavy atom. The molecule has 0 aromatic heterocycles. The fourth-order valence-electron chi connectivity index (χ4n) is 2.38. The molecule has 0 aromatic carbocycles. The maximum atomic E-state index is 11.9. The van der Waals surface area contributed by atoms with Gasteiger partial charge in [-0.2, -0.15) is 0 Å². The Morgan fingerprint density at radius 2 is 1.94 bits per heavy atom. The van der Waals surface area contributed by atoms with Crippen molar-refractivity contribution in [1.29, 1.82) is 0 Å². The molecule has 1 unspecified atom stereocenters. The van der Waals surface area contributed by atoms with Gasteiger partial charge in [0.2, 0.25) is 5.91 Å². The number of hydrogen-bond donors (Lipinski definition) is 1. The quantitative estimate of drug-likeness (QED) is 0.758. The third-order valence-corrected chi connectivity index (χ3v) is 3.97. The highest BCUT2D eigenvalue weighted by molar-refractivity contribution is 5.76. The van der Waals surface area contributed by atoms with E-state index in [0.717, 1.165) is 6.54 Å². The van der Waals surface area contributed by atoms with Gasteiger partial charge in [0.15, 0.2) is 0 Å². The topological polar surface area (TPSA) is 43.8 Å². The number of nitrogens with zero attached hydrogens (tertiary/aromatic N) is 2. The minimum atomic E-state index is -0.390. The lowest BCUT2D eigenvalue weighted by Crippen LogP contribution is -2.57. The zero-order chi connectivity index (χ0) is 13.1. The monoisotopic (exact) mass is 242 g/mol. The molecule has 4 heteroatoms. The molecule has 0 saturated heterocycles. The summed E-state index contributed by atoms with van der Waals surface area (Å²) in [6.45, 7) is 2.53. The maximum absolute atomic E-state index is 11.9. The molecule has 1 aliphatic carbocycles. The Hall–Kier alpha value is -0.610. The van der Waals surface area contributed by atoms with E-state index in [-0.39, 0.29) is 17.6 Å². The lowest BCUT2D eigenvalue weighted by atomic mass is 9.75. The first-order valence-corrected chi connectivity index (χ1v) is 6.47. The van der Waals surface area contributed by atoms with Crippen molar-refractivity contribution >= 4 is 5.91 Å². The molecule has 0 bridgehead atoms. The molecule has 0 radical (unpaired) electrons. The van der Waals surface area contributed by atoms with Gasteiger partial charge >= 0.3 is 0 Å². The van der Waals surface area contributed by atoms with E-state index in [9.17, 15) is 9.90 Å². The number of carbonyl (C=O) groups excluding carboxylic acids is 1. The summed E-state index contributed by atoms with van der Waals surface area (Å²) in [6, 6.07) is 0. The number of aliphatic hydroxyl groups excluding tert-OH is 1. The summed E-state index contributed by atoms with van der Waals surface area (Å²) in [5, 5.41) is 9.18. The fourth-order valence-corrected chi connectivity index (χ4v) is 2.38. The largest absolute Gasteiger partial charge is 0.393 e. The Kier molecular flexibility index (Phi) is 4.95. The highest BCUT2D eigenvalue weighted by Crippen LogP contribution is 2.36. The summed E-state index contributed by atoms with van der Waals surface area (Å²) < 4.78 is 0. The van der Waals surface area contributed by atoms with Crippen molar-refractivity contribution in [2.45, 2.75) is 50.7 Å². The standard InChI is InChI=1S/C13H26N2O2/c1-11(16)6-7-12(17)15(4)10-13(14(2)3)8-5-9-13/h11,16H,5-10H2,1-4H3. The fraction of sp³-hybridized carbons (Fsp3) is 0.923. The normalized spacial score (nSPS) is 19.9. The predicted molar refractivity (Wildman–Crippen MR) is 68.8 cm³/mol. The van der Waals surface area contributed by atoms with Gasteiger partial charge in [-0.3, -0.25) is 4.79 Å². The van der Waals surface area contributed by atoms with Gasteiger partial charge in [0.05, 0.1) is 6.10 Å². The lowest BCUT2D eigenvalue weighted by molar-refractivity contribution is -0.133. The van der Waals surface area contributed by atoms with Crippen LogP contribution in [-0.2, 0) is 4.79 Å². The van der Waals surface area contributed by atoms with Crippen LogP contribution in [0.5, 0.6) is 0 Å². The van der Waals surface area contributed by atoms with E-state index in [1.54, 1.807) is 6.92 Å². The molecule has 1 rings (SSSR count). The average molecular weight is 242 g/mol. The number of amides is 1. The van der Waals surface area contributed by atoms with Crippen molar-refractivity contribution in [3.8, 4) is 0 Å². The predicted octanol–water partition coefficient (Wildman–Crippen LogP) is 1.09. The van der Waals surface area contributed by atoms with Gasteiger partial charge in [-0.05, 0) is 46.7 Å². The van der Waals surface area contributed by atoms with Crippen molar-refractivity contribution in [2.24, 2.45) is 0 Å².